The van der Waals surface area contributed by atoms with E-state index in [9.17, 15) is 4.79 Å². The normalized spacial score (nSPS) is 10.8. The number of carbonyl (C=O) groups is 1. The van der Waals surface area contributed by atoms with Crippen molar-refractivity contribution in [3.8, 4) is 11.4 Å². The van der Waals surface area contributed by atoms with Crippen molar-refractivity contribution in [1.29, 1.82) is 0 Å². The van der Waals surface area contributed by atoms with Gasteiger partial charge in [-0.05, 0) is 38.0 Å². The van der Waals surface area contributed by atoms with Crippen molar-refractivity contribution < 1.29 is 9.32 Å². The van der Waals surface area contributed by atoms with Crippen LogP contribution in [-0.2, 0) is 11.2 Å². The summed E-state index contributed by atoms with van der Waals surface area (Å²) in [4.78, 5) is 19.0. The summed E-state index contributed by atoms with van der Waals surface area (Å²) in [5.74, 6) is 1.11. The predicted molar refractivity (Wildman–Crippen MR) is 107 cm³/mol. The molecule has 0 saturated heterocycles. The Bertz CT molecular complexity index is 900. The van der Waals surface area contributed by atoms with Gasteiger partial charge in [-0.1, -0.05) is 54.0 Å². The molecule has 0 unspecified atom stereocenters. The van der Waals surface area contributed by atoms with Gasteiger partial charge in [0, 0.05) is 30.6 Å². The molecule has 5 nitrogen and oxygen atoms in total. The molecule has 27 heavy (non-hydrogen) atoms. The van der Waals surface area contributed by atoms with E-state index in [0.717, 1.165) is 23.2 Å². The van der Waals surface area contributed by atoms with Crippen LogP contribution in [0.3, 0.4) is 0 Å². The molecule has 2 aromatic carbocycles. The van der Waals surface area contributed by atoms with Gasteiger partial charge in [-0.25, -0.2) is 0 Å². The van der Waals surface area contributed by atoms with Crippen LogP contribution >= 0.6 is 0 Å². The van der Waals surface area contributed by atoms with Crippen LogP contribution in [0.25, 0.3) is 11.4 Å². The number of carbonyl (C=O) groups excluding carboxylic acids is 1. The lowest BCUT2D eigenvalue weighted by Crippen LogP contribution is -2.31. The highest BCUT2D eigenvalue weighted by Crippen LogP contribution is 2.19. The van der Waals surface area contributed by atoms with Crippen LogP contribution in [0.5, 0.6) is 0 Å². The second-order valence-corrected chi connectivity index (χ2v) is 6.76. The molecular weight excluding hydrogens is 338 g/mol. The molecule has 0 N–H and O–H groups in total. The first-order valence-corrected chi connectivity index (χ1v) is 9.33. The van der Waals surface area contributed by atoms with E-state index in [2.05, 4.69) is 17.1 Å². The van der Waals surface area contributed by atoms with E-state index in [1.807, 2.05) is 67.3 Å². The summed E-state index contributed by atoms with van der Waals surface area (Å²) in [5, 5.41) is 4.03. The lowest BCUT2D eigenvalue weighted by Gasteiger charge is -2.22. The summed E-state index contributed by atoms with van der Waals surface area (Å²) >= 11 is 0. The number of amides is 1. The Kier molecular flexibility index (Phi) is 6.01. The molecule has 0 bridgehead atoms. The highest BCUT2D eigenvalue weighted by Gasteiger charge is 2.17. The zero-order chi connectivity index (χ0) is 19.2. The third-order valence-electron chi connectivity index (χ3n) is 4.39. The molecule has 3 aromatic rings. The Labute approximate surface area is 160 Å². The molecule has 140 valence electrons. The van der Waals surface area contributed by atoms with Crippen LogP contribution in [0.4, 0.5) is 5.69 Å². The van der Waals surface area contributed by atoms with Gasteiger partial charge in [-0.2, -0.15) is 4.98 Å². The molecular formula is C22H25N3O2. The molecule has 0 aliphatic carbocycles. The third kappa shape index (κ3) is 4.82. The van der Waals surface area contributed by atoms with Crippen molar-refractivity contribution in [3.63, 3.8) is 0 Å². The fourth-order valence-corrected chi connectivity index (χ4v) is 2.94. The number of rotatable bonds is 7. The largest absolute Gasteiger partial charge is 0.339 e. The lowest BCUT2D eigenvalue weighted by atomic mass is 10.1. The van der Waals surface area contributed by atoms with Gasteiger partial charge >= 0.3 is 0 Å². The highest BCUT2D eigenvalue weighted by atomic mass is 16.5. The van der Waals surface area contributed by atoms with Crippen LogP contribution < -0.4 is 4.90 Å². The summed E-state index contributed by atoms with van der Waals surface area (Å²) in [6, 6.07) is 16.0. The van der Waals surface area contributed by atoms with Crippen molar-refractivity contribution in [2.45, 2.75) is 40.0 Å². The number of hydrogen-bond acceptors (Lipinski definition) is 4. The van der Waals surface area contributed by atoms with Gasteiger partial charge in [0.15, 0.2) is 0 Å². The summed E-state index contributed by atoms with van der Waals surface area (Å²) < 4.78 is 5.33. The fraction of sp³-hybridized carbons (Fsp3) is 0.318. The molecule has 1 amide bonds. The second kappa shape index (κ2) is 8.62. The summed E-state index contributed by atoms with van der Waals surface area (Å²) in [5.41, 5.74) is 4.17. The minimum absolute atomic E-state index is 0.0672. The smallest absolute Gasteiger partial charge is 0.227 e. The lowest BCUT2D eigenvalue weighted by molar-refractivity contribution is -0.118. The quantitative estimate of drug-likeness (QED) is 0.609. The van der Waals surface area contributed by atoms with Crippen LogP contribution in [0.1, 0.15) is 36.8 Å². The zero-order valence-electron chi connectivity index (χ0n) is 16.1. The zero-order valence-corrected chi connectivity index (χ0v) is 16.1. The Balaban J connectivity index is 1.66. The molecule has 1 heterocycles. The number of aromatic nitrogens is 2. The minimum atomic E-state index is 0.0672. The first-order valence-electron chi connectivity index (χ1n) is 9.33. The molecule has 0 aliphatic rings. The van der Waals surface area contributed by atoms with E-state index in [1.165, 1.54) is 5.56 Å². The molecule has 0 atom stereocenters. The van der Waals surface area contributed by atoms with Gasteiger partial charge in [-0.3, -0.25) is 4.79 Å². The third-order valence-corrected chi connectivity index (χ3v) is 4.39. The van der Waals surface area contributed by atoms with Gasteiger partial charge < -0.3 is 9.42 Å². The standard InChI is InChI=1S/C22H25N3O2/c1-4-14-25(19-7-5-6-17(3)15-19)21(26)13-12-20-23-22(24-27-20)18-10-8-16(2)9-11-18/h5-11,15H,4,12-14H2,1-3H3. The highest BCUT2D eigenvalue weighted by molar-refractivity contribution is 5.93. The van der Waals surface area contributed by atoms with Crippen molar-refractivity contribution in [2.24, 2.45) is 0 Å². The monoisotopic (exact) mass is 363 g/mol. The molecule has 0 saturated carbocycles. The molecule has 5 heteroatoms. The number of nitrogens with zero attached hydrogens (tertiary/aromatic N) is 3. The van der Waals surface area contributed by atoms with Crippen LogP contribution in [-0.4, -0.2) is 22.6 Å². The van der Waals surface area contributed by atoms with E-state index in [4.69, 9.17) is 4.52 Å². The van der Waals surface area contributed by atoms with Crippen molar-refractivity contribution in [1.82, 2.24) is 10.1 Å². The van der Waals surface area contributed by atoms with Crippen molar-refractivity contribution in [3.05, 3.63) is 65.5 Å². The van der Waals surface area contributed by atoms with E-state index in [-0.39, 0.29) is 5.91 Å². The number of aryl methyl sites for hydroxylation is 3. The van der Waals surface area contributed by atoms with E-state index in [1.54, 1.807) is 0 Å². The SMILES string of the molecule is CCCN(C(=O)CCc1nc(-c2ccc(C)cc2)no1)c1cccc(C)c1. The van der Waals surface area contributed by atoms with E-state index < -0.39 is 0 Å². The second-order valence-electron chi connectivity index (χ2n) is 6.76. The number of benzene rings is 2. The van der Waals surface area contributed by atoms with Crippen LogP contribution in [0.15, 0.2) is 53.1 Å². The maximum Gasteiger partial charge on any atom is 0.227 e. The van der Waals surface area contributed by atoms with E-state index in [0.29, 0.717) is 31.1 Å². The number of hydrogen-bond donors (Lipinski definition) is 0. The van der Waals surface area contributed by atoms with Crippen molar-refractivity contribution in [2.75, 3.05) is 11.4 Å². The molecule has 0 spiro atoms. The molecule has 0 fully saturated rings. The summed E-state index contributed by atoms with van der Waals surface area (Å²) in [6.07, 6.45) is 1.67. The van der Waals surface area contributed by atoms with Gasteiger partial charge in [0.05, 0.1) is 0 Å². The number of anilines is 1. The van der Waals surface area contributed by atoms with Crippen LogP contribution in [0.2, 0.25) is 0 Å². The minimum Gasteiger partial charge on any atom is -0.339 e. The topological polar surface area (TPSA) is 59.2 Å². The van der Waals surface area contributed by atoms with Gasteiger partial charge in [-0.15, -0.1) is 0 Å². The molecule has 3 rings (SSSR count). The maximum absolute atomic E-state index is 12.8. The fourth-order valence-electron chi connectivity index (χ4n) is 2.94. The van der Waals surface area contributed by atoms with E-state index >= 15 is 0 Å². The Morgan fingerprint density at radius 3 is 2.56 bits per heavy atom. The average molecular weight is 363 g/mol. The average Bonchev–Trinajstić information content (AvgIpc) is 3.14. The van der Waals surface area contributed by atoms with Gasteiger partial charge in [0.1, 0.15) is 0 Å². The first-order chi connectivity index (χ1) is 13.1. The maximum atomic E-state index is 12.8. The van der Waals surface area contributed by atoms with Gasteiger partial charge in [0.2, 0.25) is 17.6 Å². The molecule has 1 aromatic heterocycles. The van der Waals surface area contributed by atoms with Gasteiger partial charge in [0.25, 0.3) is 0 Å². The Hall–Kier alpha value is -2.95. The first kappa shape index (κ1) is 18.8. The predicted octanol–water partition coefficient (Wildman–Crippen LogP) is 4.73. The Morgan fingerprint density at radius 1 is 1.07 bits per heavy atom. The molecule has 0 radical (unpaired) electrons. The Morgan fingerprint density at radius 2 is 1.85 bits per heavy atom. The molecule has 0 aliphatic heterocycles. The summed E-state index contributed by atoms with van der Waals surface area (Å²) in [7, 11) is 0. The van der Waals surface area contributed by atoms with Crippen molar-refractivity contribution >= 4 is 11.6 Å². The summed E-state index contributed by atoms with van der Waals surface area (Å²) in [6.45, 7) is 6.83. The van der Waals surface area contributed by atoms with Crippen LogP contribution in [0, 0.1) is 13.8 Å².